The van der Waals surface area contributed by atoms with Crippen molar-refractivity contribution in [2.24, 2.45) is 0 Å². The van der Waals surface area contributed by atoms with Gasteiger partial charge < -0.3 is 25.3 Å². The van der Waals surface area contributed by atoms with Crippen LogP contribution in [0.4, 0.5) is 10.6 Å². The average Bonchev–Trinajstić information content (AvgIpc) is 2.88. The summed E-state index contributed by atoms with van der Waals surface area (Å²) in [4.78, 5) is 38.2. The van der Waals surface area contributed by atoms with E-state index in [1.165, 1.54) is 0 Å². The van der Waals surface area contributed by atoms with Crippen molar-refractivity contribution in [2.75, 3.05) is 70.9 Å². The number of piperazine rings is 2. The van der Waals surface area contributed by atoms with Crippen molar-refractivity contribution in [3.63, 3.8) is 0 Å². The van der Waals surface area contributed by atoms with E-state index in [0.29, 0.717) is 45.8 Å². The number of rotatable bonds is 7. The fraction of sp³-hybridized carbons (Fsp3) is 0.480. The minimum Gasteiger partial charge on any atom is -0.354 e. The van der Waals surface area contributed by atoms with Gasteiger partial charge in [-0.05, 0) is 18.7 Å². The average molecular weight is 466 g/mol. The number of nitrogens with zero attached hydrogens (tertiary/aromatic N) is 5. The Bertz CT molecular complexity index is 939. The molecule has 4 rings (SSSR count). The van der Waals surface area contributed by atoms with Crippen LogP contribution in [0, 0.1) is 0 Å². The number of hydrogen-bond donors (Lipinski definition) is 2. The van der Waals surface area contributed by atoms with Gasteiger partial charge in [0.25, 0.3) is 0 Å². The van der Waals surface area contributed by atoms with E-state index in [1.807, 2.05) is 53.6 Å². The van der Waals surface area contributed by atoms with Crippen LogP contribution in [0.15, 0.2) is 48.7 Å². The van der Waals surface area contributed by atoms with E-state index in [1.54, 1.807) is 0 Å². The SMILES string of the molecule is CN1CCN(c2ncccc2CNC(=O)N2CCN(CC(=O)NCc3ccccc3)CC2)CC1. The largest absolute Gasteiger partial charge is 0.354 e. The minimum absolute atomic E-state index is 0.00904. The molecule has 0 spiro atoms. The third kappa shape index (κ3) is 6.68. The van der Waals surface area contributed by atoms with Gasteiger partial charge in [-0.1, -0.05) is 36.4 Å². The Balaban J connectivity index is 1.19. The van der Waals surface area contributed by atoms with Crippen LogP contribution in [-0.4, -0.2) is 97.6 Å². The summed E-state index contributed by atoms with van der Waals surface area (Å²) in [6.07, 6.45) is 1.81. The summed E-state index contributed by atoms with van der Waals surface area (Å²) in [7, 11) is 2.13. The van der Waals surface area contributed by atoms with Gasteiger partial charge in [0.05, 0.1) is 6.54 Å². The highest BCUT2D eigenvalue weighted by molar-refractivity contribution is 5.78. The molecule has 0 atom stereocenters. The maximum absolute atomic E-state index is 12.8. The van der Waals surface area contributed by atoms with Gasteiger partial charge in [-0.15, -0.1) is 0 Å². The quantitative estimate of drug-likeness (QED) is 0.634. The molecule has 2 saturated heterocycles. The fourth-order valence-electron chi connectivity index (χ4n) is 4.32. The van der Waals surface area contributed by atoms with Gasteiger partial charge in [-0.3, -0.25) is 9.69 Å². The number of pyridine rings is 1. The zero-order valence-corrected chi connectivity index (χ0v) is 19.9. The molecule has 9 nitrogen and oxygen atoms in total. The molecule has 0 saturated carbocycles. The number of likely N-dealkylation sites (N-methyl/N-ethyl adjacent to an activating group) is 1. The summed E-state index contributed by atoms with van der Waals surface area (Å²) >= 11 is 0. The normalized spacial score (nSPS) is 17.4. The second-order valence-electron chi connectivity index (χ2n) is 8.96. The molecule has 3 amide bonds. The molecule has 1 aromatic carbocycles. The summed E-state index contributed by atoms with van der Waals surface area (Å²) in [6.45, 7) is 7.83. The molecule has 9 heteroatoms. The molecule has 0 unspecified atom stereocenters. The molecule has 2 N–H and O–H groups in total. The van der Waals surface area contributed by atoms with Gasteiger partial charge in [0.2, 0.25) is 5.91 Å². The number of aromatic nitrogens is 1. The molecule has 3 heterocycles. The van der Waals surface area contributed by atoms with E-state index < -0.39 is 0 Å². The summed E-state index contributed by atoms with van der Waals surface area (Å²) in [6, 6.07) is 13.8. The van der Waals surface area contributed by atoms with Gasteiger partial charge in [0.1, 0.15) is 5.82 Å². The molecule has 2 aliphatic heterocycles. The first kappa shape index (κ1) is 24.0. The Kier molecular flexibility index (Phi) is 8.32. The number of benzene rings is 1. The third-order valence-corrected chi connectivity index (χ3v) is 6.46. The van der Waals surface area contributed by atoms with E-state index in [-0.39, 0.29) is 11.9 Å². The topological polar surface area (TPSA) is 84.1 Å². The summed E-state index contributed by atoms with van der Waals surface area (Å²) in [5.74, 6) is 0.969. The van der Waals surface area contributed by atoms with Gasteiger partial charge in [-0.25, -0.2) is 9.78 Å². The molecule has 2 aromatic rings. The van der Waals surface area contributed by atoms with Crippen LogP contribution in [0.3, 0.4) is 0 Å². The monoisotopic (exact) mass is 465 g/mol. The molecule has 182 valence electrons. The number of nitrogens with one attached hydrogen (secondary N) is 2. The second-order valence-corrected chi connectivity index (χ2v) is 8.96. The highest BCUT2D eigenvalue weighted by Crippen LogP contribution is 2.18. The van der Waals surface area contributed by atoms with Crippen LogP contribution in [0.25, 0.3) is 0 Å². The predicted octanol–water partition coefficient (Wildman–Crippen LogP) is 0.977. The van der Waals surface area contributed by atoms with E-state index in [9.17, 15) is 9.59 Å². The van der Waals surface area contributed by atoms with Crippen LogP contribution in [-0.2, 0) is 17.9 Å². The Morgan fingerprint density at radius 2 is 1.59 bits per heavy atom. The van der Waals surface area contributed by atoms with Gasteiger partial charge in [0.15, 0.2) is 0 Å². The molecule has 1 aromatic heterocycles. The van der Waals surface area contributed by atoms with Crippen molar-refractivity contribution in [2.45, 2.75) is 13.1 Å². The number of anilines is 1. The van der Waals surface area contributed by atoms with Crippen molar-refractivity contribution in [1.29, 1.82) is 0 Å². The number of hydrogen-bond acceptors (Lipinski definition) is 6. The zero-order valence-electron chi connectivity index (χ0n) is 19.9. The number of amides is 3. The summed E-state index contributed by atoms with van der Waals surface area (Å²) in [5, 5.41) is 6.03. The van der Waals surface area contributed by atoms with Crippen LogP contribution in [0.5, 0.6) is 0 Å². The Morgan fingerprint density at radius 3 is 2.32 bits per heavy atom. The molecular weight excluding hydrogens is 430 g/mol. The Morgan fingerprint density at radius 1 is 0.853 bits per heavy atom. The summed E-state index contributed by atoms with van der Waals surface area (Å²) in [5.41, 5.74) is 2.12. The fourth-order valence-corrected chi connectivity index (χ4v) is 4.32. The van der Waals surface area contributed by atoms with Gasteiger partial charge in [-0.2, -0.15) is 0 Å². The van der Waals surface area contributed by atoms with Crippen molar-refractivity contribution < 1.29 is 9.59 Å². The van der Waals surface area contributed by atoms with E-state index in [2.05, 4.69) is 37.4 Å². The molecule has 0 radical (unpaired) electrons. The molecule has 0 bridgehead atoms. The molecule has 0 aliphatic carbocycles. The molecule has 34 heavy (non-hydrogen) atoms. The predicted molar refractivity (Wildman–Crippen MR) is 132 cm³/mol. The minimum atomic E-state index is -0.0682. The lowest BCUT2D eigenvalue weighted by Gasteiger charge is -2.35. The lowest BCUT2D eigenvalue weighted by molar-refractivity contribution is -0.122. The first-order chi connectivity index (χ1) is 16.6. The number of carbonyl (C=O) groups excluding carboxylic acids is 2. The number of urea groups is 1. The Labute approximate surface area is 201 Å². The van der Waals surface area contributed by atoms with Crippen LogP contribution >= 0.6 is 0 Å². The Hall–Kier alpha value is -3.17. The summed E-state index contributed by atoms with van der Waals surface area (Å²) < 4.78 is 0. The first-order valence-electron chi connectivity index (χ1n) is 12.0. The second kappa shape index (κ2) is 11.8. The standard InChI is InChI=1S/C25H35N7O2/c1-29-10-14-31(15-11-29)24-22(8-5-9-26-24)19-28-25(34)32-16-12-30(13-17-32)20-23(33)27-18-21-6-3-2-4-7-21/h2-9H,10-20H2,1H3,(H,27,33)(H,28,34). The van der Waals surface area contributed by atoms with E-state index >= 15 is 0 Å². The van der Waals surface area contributed by atoms with Crippen LogP contribution in [0.2, 0.25) is 0 Å². The molecular formula is C25H35N7O2. The van der Waals surface area contributed by atoms with Crippen LogP contribution in [0.1, 0.15) is 11.1 Å². The van der Waals surface area contributed by atoms with Crippen molar-refractivity contribution in [3.05, 3.63) is 59.8 Å². The maximum atomic E-state index is 12.8. The maximum Gasteiger partial charge on any atom is 0.317 e. The van der Waals surface area contributed by atoms with Crippen molar-refractivity contribution in [3.8, 4) is 0 Å². The highest BCUT2D eigenvalue weighted by Gasteiger charge is 2.23. The van der Waals surface area contributed by atoms with Crippen molar-refractivity contribution >= 4 is 17.8 Å². The third-order valence-electron chi connectivity index (χ3n) is 6.46. The van der Waals surface area contributed by atoms with E-state index in [4.69, 9.17) is 0 Å². The van der Waals surface area contributed by atoms with Crippen LogP contribution < -0.4 is 15.5 Å². The number of carbonyl (C=O) groups is 2. The zero-order chi connectivity index (χ0) is 23.8. The first-order valence-corrected chi connectivity index (χ1v) is 12.0. The van der Waals surface area contributed by atoms with Gasteiger partial charge in [0, 0.05) is 77.2 Å². The lowest BCUT2D eigenvalue weighted by Crippen LogP contribution is -2.53. The van der Waals surface area contributed by atoms with Gasteiger partial charge >= 0.3 is 6.03 Å². The van der Waals surface area contributed by atoms with Crippen molar-refractivity contribution in [1.82, 2.24) is 30.3 Å². The molecule has 2 fully saturated rings. The smallest absolute Gasteiger partial charge is 0.317 e. The lowest BCUT2D eigenvalue weighted by atomic mass is 10.2. The highest BCUT2D eigenvalue weighted by atomic mass is 16.2. The van der Waals surface area contributed by atoms with E-state index in [0.717, 1.165) is 43.1 Å². The molecule has 2 aliphatic rings.